The highest BCUT2D eigenvalue weighted by atomic mass is 16.5. The molecule has 1 aromatic carbocycles. The molecule has 112 valence electrons. The van der Waals surface area contributed by atoms with Gasteiger partial charge in [0.2, 0.25) is 5.91 Å². The number of amides is 1. The lowest BCUT2D eigenvalue weighted by Gasteiger charge is -2.23. The van der Waals surface area contributed by atoms with Gasteiger partial charge in [-0.15, -0.1) is 0 Å². The minimum absolute atomic E-state index is 0.123. The number of hydrogen-bond acceptors (Lipinski definition) is 4. The number of hydrogen-bond donors (Lipinski definition) is 1. The molecule has 0 aliphatic rings. The van der Waals surface area contributed by atoms with E-state index in [2.05, 4.69) is 0 Å². The number of benzene rings is 1. The van der Waals surface area contributed by atoms with Gasteiger partial charge in [-0.3, -0.25) is 9.69 Å². The minimum atomic E-state index is 0.123. The predicted molar refractivity (Wildman–Crippen MR) is 78.9 cm³/mol. The molecule has 20 heavy (non-hydrogen) atoms. The molecule has 5 heteroatoms. The Morgan fingerprint density at radius 1 is 1.30 bits per heavy atom. The van der Waals surface area contributed by atoms with E-state index in [1.54, 1.807) is 12.1 Å². The summed E-state index contributed by atoms with van der Waals surface area (Å²) in [4.78, 5) is 15.8. The van der Waals surface area contributed by atoms with Gasteiger partial charge in [0.05, 0.1) is 13.7 Å². The average Bonchev–Trinajstić information content (AvgIpc) is 2.42. The van der Waals surface area contributed by atoms with Crippen molar-refractivity contribution in [1.82, 2.24) is 9.80 Å². The van der Waals surface area contributed by atoms with Crippen LogP contribution in [0.2, 0.25) is 0 Å². The second-order valence-corrected chi connectivity index (χ2v) is 4.74. The molecule has 1 amide bonds. The standard InChI is InChI=1S/C15H24N2O3/c1-5-17(6-2)15(19)11-16(3)10-12-7-8-13(18)14(9-12)20-4/h7-9,18H,5-6,10-11H2,1-4H3. The highest BCUT2D eigenvalue weighted by Gasteiger charge is 2.13. The van der Waals surface area contributed by atoms with Gasteiger partial charge in [-0.2, -0.15) is 0 Å². The molecule has 0 atom stereocenters. The van der Waals surface area contributed by atoms with E-state index in [0.717, 1.165) is 18.7 Å². The van der Waals surface area contributed by atoms with Crippen molar-refractivity contribution in [3.8, 4) is 11.5 Å². The first-order valence-corrected chi connectivity index (χ1v) is 6.84. The van der Waals surface area contributed by atoms with Crippen molar-refractivity contribution in [3.63, 3.8) is 0 Å². The summed E-state index contributed by atoms with van der Waals surface area (Å²) in [5.41, 5.74) is 0.995. The largest absolute Gasteiger partial charge is 0.504 e. The topological polar surface area (TPSA) is 53.0 Å². The SMILES string of the molecule is CCN(CC)C(=O)CN(C)Cc1ccc(O)c(OC)c1. The number of phenolic OH excluding ortho intramolecular Hbond substituents is 1. The first-order valence-electron chi connectivity index (χ1n) is 6.84. The lowest BCUT2D eigenvalue weighted by molar-refractivity contribution is -0.131. The molecule has 0 saturated heterocycles. The summed E-state index contributed by atoms with van der Waals surface area (Å²) in [6.07, 6.45) is 0. The van der Waals surface area contributed by atoms with Crippen molar-refractivity contribution < 1.29 is 14.6 Å². The molecular weight excluding hydrogens is 256 g/mol. The molecule has 0 aliphatic heterocycles. The van der Waals surface area contributed by atoms with Gasteiger partial charge >= 0.3 is 0 Å². The van der Waals surface area contributed by atoms with Gasteiger partial charge < -0.3 is 14.7 Å². The molecular formula is C15H24N2O3. The molecule has 0 aromatic heterocycles. The Labute approximate surface area is 120 Å². The monoisotopic (exact) mass is 280 g/mol. The van der Waals surface area contributed by atoms with Gasteiger partial charge in [0.25, 0.3) is 0 Å². The molecule has 0 aliphatic carbocycles. The van der Waals surface area contributed by atoms with Crippen molar-refractivity contribution >= 4 is 5.91 Å². The number of ether oxygens (including phenoxy) is 1. The minimum Gasteiger partial charge on any atom is -0.504 e. The smallest absolute Gasteiger partial charge is 0.236 e. The van der Waals surface area contributed by atoms with E-state index in [1.807, 2.05) is 36.8 Å². The second-order valence-electron chi connectivity index (χ2n) is 4.74. The molecule has 0 saturated carbocycles. The number of carbonyl (C=O) groups excluding carboxylic acids is 1. The zero-order valence-electron chi connectivity index (χ0n) is 12.7. The summed E-state index contributed by atoms with van der Waals surface area (Å²) >= 11 is 0. The number of methoxy groups -OCH3 is 1. The third-order valence-electron chi connectivity index (χ3n) is 3.22. The number of carbonyl (C=O) groups is 1. The number of phenols is 1. The van der Waals surface area contributed by atoms with Crippen LogP contribution in [-0.4, -0.2) is 54.6 Å². The Bertz CT molecular complexity index is 445. The summed E-state index contributed by atoms with van der Waals surface area (Å²) in [5, 5.41) is 9.55. The molecule has 0 radical (unpaired) electrons. The average molecular weight is 280 g/mol. The second kappa shape index (κ2) is 7.75. The van der Waals surface area contributed by atoms with Crippen molar-refractivity contribution in [3.05, 3.63) is 23.8 Å². The molecule has 0 unspecified atom stereocenters. The van der Waals surface area contributed by atoms with Crippen LogP contribution in [-0.2, 0) is 11.3 Å². The number of aromatic hydroxyl groups is 1. The fraction of sp³-hybridized carbons (Fsp3) is 0.533. The Balaban J connectivity index is 2.62. The zero-order chi connectivity index (χ0) is 15.1. The maximum Gasteiger partial charge on any atom is 0.236 e. The lowest BCUT2D eigenvalue weighted by Crippen LogP contribution is -2.38. The summed E-state index contributed by atoms with van der Waals surface area (Å²) in [6, 6.07) is 5.22. The van der Waals surface area contributed by atoms with Crippen LogP contribution >= 0.6 is 0 Å². The molecule has 0 heterocycles. The maximum atomic E-state index is 12.0. The first kappa shape index (κ1) is 16.3. The molecule has 0 bridgehead atoms. The van der Waals surface area contributed by atoms with Crippen LogP contribution in [0.25, 0.3) is 0 Å². The molecule has 1 aromatic rings. The van der Waals surface area contributed by atoms with Gasteiger partial charge in [-0.1, -0.05) is 6.07 Å². The van der Waals surface area contributed by atoms with Crippen LogP contribution in [0.5, 0.6) is 11.5 Å². The van der Waals surface area contributed by atoms with Crippen molar-refractivity contribution in [2.24, 2.45) is 0 Å². The van der Waals surface area contributed by atoms with Crippen LogP contribution < -0.4 is 4.74 Å². The third-order valence-corrected chi connectivity index (χ3v) is 3.22. The fourth-order valence-corrected chi connectivity index (χ4v) is 2.10. The van der Waals surface area contributed by atoms with Crippen LogP contribution in [0.15, 0.2) is 18.2 Å². The Morgan fingerprint density at radius 3 is 2.50 bits per heavy atom. The number of nitrogens with zero attached hydrogens (tertiary/aromatic N) is 2. The van der Waals surface area contributed by atoms with Crippen LogP contribution in [0.1, 0.15) is 19.4 Å². The number of likely N-dealkylation sites (N-methyl/N-ethyl adjacent to an activating group) is 2. The fourth-order valence-electron chi connectivity index (χ4n) is 2.10. The van der Waals surface area contributed by atoms with Crippen LogP contribution in [0, 0.1) is 0 Å². The first-order chi connectivity index (χ1) is 9.51. The highest BCUT2D eigenvalue weighted by molar-refractivity contribution is 5.78. The molecule has 1 N–H and O–H groups in total. The van der Waals surface area contributed by atoms with Gasteiger partial charge in [0, 0.05) is 19.6 Å². The van der Waals surface area contributed by atoms with Gasteiger partial charge in [-0.25, -0.2) is 0 Å². The Morgan fingerprint density at radius 2 is 1.95 bits per heavy atom. The Hall–Kier alpha value is -1.75. The van der Waals surface area contributed by atoms with Crippen molar-refractivity contribution in [2.75, 3.05) is 33.8 Å². The van der Waals surface area contributed by atoms with E-state index in [1.165, 1.54) is 7.11 Å². The normalized spacial score (nSPS) is 10.7. The van der Waals surface area contributed by atoms with E-state index in [4.69, 9.17) is 4.74 Å². The van der Waals surface area contributed by atoms with E-state index in [9.17, 15) is 9.90 Å². The molecule has 0 spiro atoms. The molecule has 5 nitrogen and oxygen atoms in total. The summed E-state index contributed by atoms with van der Waals surface area (Å²) in [6.45, 7) is 6.43. The van der Waals surface area contributed by atoms with Crippen molar-refractivity contribution in [1.29, 1.82) is 0 Å². The van der Waals surface area contributed by atoms with E-state index in [0.29, 0.717) is 18.8 Å². The van der Waals surface area contributed by atoms with Gasteiger partial charge in [0.15, 0.2) is 11.5 Å². The van der Waals surface area contributed by atoms with E-state index >= 15 is 0 Å². The van der Waals surface area contributed by atoms with Gasteiger partial charge in [0.1, 0.15) is 0 Å². The number of rotatable bonds is 7. The highest BCUT2D eigenvalue weighted by Crippen LogP contribution is 2.26. The van der Waals surface area contributed by atoms with E-state index < -0.39 is 0 Å². The van der Waals surface area contributed by atoms with Crippen LogP contribution in [0.3, 0.4) is 0 Å². The summed E-state index contributed by atoms with van der Waals surface area (Å²) in [7, 11) is 3.42. The van der Waals surface area contributed by atoms with E-state index in [-0.39, 0.29) is 11.7 Å². The summed E-state index contributed by atoms with van der Waals surface area (Å²) in [5.74, 6) is 0.701. The zero-order valence-corrected chi connectivity index (χ0v) is 12.7. The maximum absolute atomic E-state index is 12.0. The van der Waals surface area contributed by atoms with Gasteiger partial charge in [-0.05, 0) is 38.6 Å². The third kappa shape index (κ3) is 4.42. The Kier molecular flexibility index (Phi) is 6.31. The van der Waals surface area contributed by atoms with Crippen LogP contribution in [0.4, 0.5) is 0 Å². The summed E-state index contributed by atoms with van der Waals surface area (Å²) < 4.78 is 5.08. The van der Waals surface area contributed by atoms with Crippen molar-refractivity contribution in [2.45, 2.75) is 20.4 Å². The molecule has 1 rings (SSSR count). The lowest BCUT2D eigenvalue weighted by atomic mass is 10.2. The molecule has 0 fully saturated rings. The predicted octanol–water partition coefficient (Wildman–Crippen LogP) is 1.70. The quantitative estimate of drug-likeness (QED) is 0.826.